The van der Waals surface area contributed by atoms with E-state index in [9.17, 15) is 9.90 Å². The van der Waals surface area contributed by atoms with Crippen LogP contribution >= 0.6 is 0 Å². The fourth-order valence-electron chi connectivity index (χ4n) is 2.60. The monoisotopic (exact) mass is 288 g/mol. The third-order valence-corrected chi connectivity index (χ3v) is 3.76. The lowest BCUT2D eigenvalue weighted by molar-refractivity contribution is 0.0720. The van der Waals surface area contributed by atoms with E-state index in [1.165, 1.54) is 12.8 Å². The normalized spacial score (nSPS) is 11.0. The highest BCUT2D eigenvalue weighted by molar-refractivity contribution is 6.05. The van der Waals surface area contributed by atoms with E-state index >= 15 is 0 Å². The predicted octanol–water partition coefficient (Wildman–Crippen LogP) is 3.18. The van der Waals surface area contributed by atoms with Gasteiger partial charge in [0, 0.05) is 24.7 Å². The first-order valence-corrected chi connectivity index (χ1v) is 7.74. The Hall–Kier alpha value is -1.81. The first kappa shape index (κ1) is 15.6. The van der Waals surface area contributed by atoms with Crippen LogP contribution in [0, 0.1) is 0 Å². The second kappa shape index (κ2) is 7.84. The van der Waals surface area contributed by atoms with Gasteiger partial charge >= 0.3 is 0 Å². The average Bonchev–Trinajstić information content (AvgIpc) is 2.98. The van der Waals surface area contributed by atoms with Crippen molar-refractivity contribution >= 4 is 16.8 Å². The molecular formula is C17H24N2O2. The zero-order valence-corrected chi connectivity index (χ0v) is 12.6. The minimum Gasteiger partial charge on any atom is -0.395 e. The largest absolute Gasteiger partial charge is 0.395 e. The number of unbranched alkanes of at least 4 members (excludes halogenated alkanes) is 3. The number of nitrogens with one attached hydrogen (secondary N) is 1. The van der Waals surface area contributed by atoms with E-state index in [1.54, 1.807) is 4.90 Å². The van der Waals surface area contributed by atoms with Crippen molar-refractivity contribution in [2.45, 2.75) is 32.6 Å². The molecule has 0 fully saturated rings. The standard InChI is InChI=1S/C17H24N2O2/c1-2-3-4-5-11-19(12-13-20)17(21)15-8-6-7-14-9-10-18-16(14)15/h6-10,18,20H,2-5,11-13H2,1H3. The van der Waals surface area contributed by atoms with Crippen LogP contribution in [0.4, 0.5) is 0 Å². The average molecular weight is 288 g/mol. The van der Waals surface area contributed by atoms with Crippen molar-refractivity contribution in [2.24, 2.45) is 0 Å². The van der Waals surface area contributed by atoms with E-state index in [2.05, 4.69) is 11.9 Å². The number of aliphatic hydroxyl groups is 1. The van der Waals surface area contributed by atoms with Gasteiger partial charge in [-0.1, -0.05) is 38.3 Å². The molecule has 0 aliphatic rings. The Kier molecular flexibility index (Phi) is 5.81. The molecule has 4 nitrogen and oxygen atoms in total. The van der Waals surface area contributed by atoms with Crippen LogP contribution in [0.3, 0.4) is 0 Å². The molecule has 2 rings (SSSR count). The van der Waals surface area contributed by atoms with Crippen molar-refractivity contribution in [3.63, 3.8) is 0 Å². The Morgan fingerprint density at radius 1 is 1.19 bits per heavy atom. The van der Waals surface area contributed by atoms with Gasteiger partial charge in [-0.05, 0) is 18.6 Å². The first-order valence-electron chi connectivity index (χ1n) is 7.74. The third kappa shape index (κ3) is 3.85. The fourth-order valence-corrected chi connectivity index (χ4v) is 2.60. The fraction of sp³-hybridized carbons (Fsp3) is 0.471. The maximum atomic E-state index is 12.7. The van der Waals surface area contributed by atoms with E-state index in [0.717, 1.165) is 23.7 Å². The van der Waals surface area contributed by atoms with Gasteiger partial charge in [0.15, 0.2) is 0 Å². The molecule has 0 unspecified atom stereocenters. The van der Waals surface area contributed by atoms with Gasteiger partial charge < -0.3 is 15.0 Å². The number of hydrogen-bond acceptors (Lipinski definition) is 2. The van der Waals surface area contributed by atoms with Gasteiger partial charge in [-0.15, -0.1) is 0 Å². The molecule has 0 atom stereocenters. The predicted molar refractivity (Wildman–Crippen MR) is 85.4 cm³/mol. The Balaban J connectivity index is 2.11. The first-order chi connectivity index (χ1) is 10.3. The third-order valence-electron chi connectivity index (χ3n) is 3.76. The number of amides is 1. The molecule has 0 saturated carbocycles. The minimum absolute atomic E-state index is 0.000219. The molecule has 114 valence electrons. The molecule has 1 amide bonds. The Morgan fingerprint density at radius 2 is 2.05 bits per heavy atom. The summed E-state index contributed by atoms with van der Waals surface area (Å²) >= 11 is 0. The SMILES string of the molecule is CCCCCCN(CCO)C(=O)c1cccc2cc[nH]c12. The number of para-hydroxylation sites is 1. The quantitative estimate of drug-likeness (QED) is 0.733. The zero-order valence-electron chi connectivity index (χ0n) is 12.6. The van der Waals surface area contributed by atoms with Crippen LogP contribution in [0.5, 0.6) is 0 Å². The van der Waals surface area contributed by atoms with Crippen molar-refractivity contribution in [2.75, 3.05) is 19.7 Å². The van der Waals surface area contributed by atoms with Crippen molar-refractivity contribution in [1.82, 2.24) is 9.88 Å². The molecule has 4 heteroatoms. The summed E-state index contributed by atoms with van der Waals surface area (Å²) in [6, 6.07) is 7.69. The molecule has 0 saturated heterocycles. The van der Waals surface area contributed by atoms with E-state index in [1.807, 2.05) is 30.5 Å². The number of carbonyl (C=O) groups is 1. The Bertz CT molecular complexity index is 577. The molecule has 0 aliphatic carbocycles. The number of fused-ring (bicyclic) bond motifs is 1. The summed E-state index contributed by atoms with van der Waals surface area (Å²) < 4.78 is 0. The summed E-state index contributed by atoms with van der Waals surface area (Å²) in [4.78, 5) is 17.6. The van der Waals surface area contributed by atoms with Crippen LogP contribution in [0.25, 0.3) is 10.9 Å². The van der Waals surface area contributed by atoms with Crippen molar-refractivity contribution in [3.8, 4) is 0 Å². The van der Waals surface area contributed by atoms with E-state index in [4.69, 9.17) is 0 Å². The van der Waals surface area contributed by atoms with Crippen LogP contribution in [0.15, 0.2) is 30.5 Å². The number of benzene rings is 1. The molecular weight excluding hydrogens is 264 g/mol. The number of aliphatic hydroxyl groups excluding tert-OH is 1. The molecule has 2 N–H and O–H groups in total. The summed E-state index contributed by atoms with van der Waals surface area (Å²) in [5.74, 6) is -0.00593. The lowest BCUT2D eigenvalue weighted by Crippen LogP contribution is -2.34. The highest BCUT2D eigenvalue weighted by atomic mass is 16.3. The molecule has 0 bridgehead atoms. The van der Waals surface area contributed by atoms with E-state index < -0.39 is 0 Å². The minimum atomic E-state index is -0.00593. The Morgan fingerprint density at radius 3 is 2.81 bits per heavy atom. The van der Waals surface area contributed by atoms with E-state index in [-0.39, 0.29) is 12.5 Å². The molecule has 1 heterocycles. The maximum Gasteiger partial charge on any atom is 0.256 e. The highest BCUT2D eigenvalue weighted by Crippen LogP contribution is 2.19. The molecule has 21 heavy (non-hydrogen) atoms. The van der Waals surface area contributed by atoms with Crippen LogP contribution in [0.1, 0.15) is 43.0 Å². The summed E-state index contributed by atoms with van der Waals surface area (Å²) in [6.45, 7) is 3.27. The second-order valence-electron chi connectivity index (χ2n) is 5.32. The van der Waals surface area contributed by atoms with Gasteiger partial charge in [-0.2, -0.15) is 0 Å². The molecule has 0 aliphatic heterocycles. The Labute approximate surface area is 125 Å². The van der Waals surface area contributed by atoms with Crippen molar-refractivity contribution in [1.29, 1.82) is 0 Å². The van der Waals surface area contributed by atoms with Crippen molar-refractivity contribution < 1.29 is 9.90 Å². The molecule has 2 aromatic rings. The molecule has 0 radical (unpaired) electrons. The van der Waals surface area contributed by atoms with Gasteiger partial charge in [-0.3, -0.25) is 4.79 Å². The van der Waals surface area contributed by atoms with Crippen LogP contribution in [0.2, 0.25) is 0 Å². The number of rotatable bonds is 8. The lowest BCUT2D eigenvalue weighted by Gasteiger charge is -2.22. The van der Waals surface area contributed by atoms with Crippen LogP contribution < -0.4 is 0 Å². The molecule has 1 aromatic carbocycles. The number of aromatic amines is 1. The summed E-state index contributed by atoms with van der Waals surface area (Å²) in [5, 5.41) is 10.2. The van der Waals surface area contributed by atoms with Crippen molar-refractivity contribution in [3.05, 3.63) is 36.0 Å². The summed E-state index contributed by atoms with van der Waals surface area (Å²) in [7, 11) is 0. The number of H-pyrrole nitrogens is 1. The smallest absolute Gasteiger partial charge is 0.256 e. The highest BCUT2D eigenvalue weighted by Gasteiger charge is 2.17. The topological polar surface area (TPSA) is 56.3 Å². The van der Waals surface area contributed by atoms with Gasteiger partial charge in [0.2, 0.25) is 0 Å². The second-order valence-corrected chi connectivity index (χ2v) is 5.32. The van der Waals surface area contributed by atoms with Gasteiger partial charge in [0.1, 0.15) is 0 Å². The van der Waals surface area contributed by atoms with Gasteiger partial charge in [0.05, 0.1) is 17.7 Å². The number of hydrogen-bond donors (Lipinski definition) is 2. The van der Waals surface area contributed by atoms with Gasteiger partial charge in [-0.25, -0.2) is 0 Å². The van der Waals surface area contributed by atoms with Crippen LogP contribution in [-0.2, 0) is 0 Å². The summed E-state index contributed by atoms with van der Waals surface area (Å²) in [6.07, 6.45) is 6.32. The summed E-state index contributed by atoms with van der Waals surface area (Å²) in [5.41, 5.74) is 1.56. The lowest BCUT2D eigenvalue weighted by atomic mass is 10.1. The molecule has 1 aromatic heterocycles. The van der Waals surface area contributed by atoms with Gasteiger partial charge in [0.25, 0.3) is 5.91 Å². The molecule has 0 spiro atoms. The number of carbonyl (C=O) groups excluding carboxylic acids is 1. The maximum absolute atomic E-state index is 12.7. The van der Waals surface area contributed by atoms with Crippen LogP contribution in [-0.4, -0.2) is 40.6 Å². The zero-order chi connectivity index (χ0) is 15.1. The number of nitrogens with zero attached hydrogens (tertiary/aromatic N) is 1. The number of aromatic nitrogens is 1. The van der Waals surface area contributed by atoms with E-state index in [0.29, 0.717) is 18.7 Å².